The first-order valence-electron chi connectivity index (χ1n) is 4.38. The third-order valence-corrected chi connectivity index (χ3v) is 1.97. The van der Waals surface area contributed by atoms with E-state index in [0.717, 1.165) is 5.56 Å². The van der Waals surface area contributed by atoms with Gasteiger partial charge in [-0.1, -0.05) is 30.3 Å². The van der Waals surface area contributed by atoms with Gasteiger partial charge in [0, 0.05) is 0 Å². The Morgan fingerprint density at radius 1 is 1.38 bits per heavy atom. The SMILES string of the molecule is CC(=O)C(F)CCc1ccccc1. The minimum absolute atomic E-state index is 0.291. The predicted octanol–water partition coefficient (Wildman–Crippen LogP) is 2.55. The summed E-state index contributed by atoms with van der Waals surface area (Å²) >= 11 is 0. The van der Waals surface area contributed by atoms with Gasteiger partial charge in [0.25, 0.3) is 0 Å². The Hall–Kier alpha value is -1.18. The van der Waals surface area contributed by atoms with Crippen molar-refractivity contribution in [3.63, 3.8) is 0 Å². The largest absolute Gasteiger partial charge is 0.297 e. The topological polar surface area (TPSA) is 17.1 Å². The van der Waals surface area contributed by atoms with Crippen molar-refractivity contribution in [1.82, 2.24) is 0 Å². The third kappa shape index (κ3) is 3.36. The standard InChI is InChI=1S/C11H13FO/c1-9(13)11(12)8-7-10-5-3-2-4-6-10/h2-6,11H,7-8H2,1H3. The van der Waals surface area contributed by atoms with Crippen molar-refractivity contribution in [2.45, 2.75) is 25.9 Å². The number of carbonyl (C=O) groups is 1. The van der Waals surface area contributed by atoms with Crippen molar-refractivity contribution in [1.29, 1.82) is 0 Å². The van der Waals surface area contributed by atoms with Gasteiger partial charge in [-0.15, -0.1) is 0 Å². The summed E-state index contributed by atoms with van der Waals surface area (Å²) in [7, 11) is 0. The van der Waals surface area contributed by atoms with Gasteiger partial charge in [-0.2, -0.15) is 0 Å². The molecular formula is C11H13FO. The number of Topliss-reactive ketones (excluding diaryl/α,β-unsaturated/α-hetero) is 1. The van der Waals surface area contributed by atoms with E-state index in [9.17, 15) is 9.18 Å². The Morgan fingerprint density at radius 2 is 2.00 bits per heavy atom. The van der Waals surface area contributed by atoms with Crippen molar-refractivity contribution < 1.29 is 9.18 Å². The van der Waals surface area contributed by atoms with E-state index in [2.05, 4.69) is 0 Å². The molecule has 1 aromatic carbocycles. The second kappa shape index (κ2) is 4.75. The predicted molar refractivity (Wildman–Crippen MR) is 50.3 cm³/mol. The highest BCUT2D eigenvalue weighted by atomic mass is 19.1. The molecule has 0 radical (unpaired) electrons. The zero-order valence-corrected chi connectivity index (χ0v) is 7.66. The molecule has 0 amide bonds. The second-order valence-electron chi connectivity index (χ2n) is 3.10. The van der Waals surface area contributed by atoms with E-state index >= 15 is 0 Å². The second-order valence-corrected chi connectivity index (χ2v) is 3.10. The highest BCUT2D eigenvalue weighted by molar-refractivity contribution is 5.80. The smallest absolute Gasteiger partial charge is 0.163 e. The molecule has 0 fully saturated rings. The van der Waals surface area contributed by atoms with E-state index in [4.69, 9.17) is 0 Å². The number of aryl methyl sites for hydroxylation is 1. The minimum Gasteiger partial charge on any atom is -0.297 e. The summed E-state index contributed by atoms with van der Waals surface area (Å²) in [6, 6.07) is 9.62. The van der Waals surface area contributed by atoms with Crippen molar-refractivity contribution in [2.24, 2.45) is 0 Å². The highest BCUT2D eigenvalue weighted by Crippen LogP contribution is 2.07. The molecule has 2 heteroatoms. The van der Waals surface area contributed by atoms with E-state index in [-0.39, 0.29) is 5.78 Å². The van der Waals surface area contributed by atoms with Crippen LogP contribution in [0, 0.1) is 0 Å². The average Bonchev–Trinajstić information content (AvgIpc) is 2.15. The summed E-state index contributed by atoms with van der Waals surface area (Å²) in [5.74, 6) is -0.379. The van der Waals surface area contributed by atoms with Crippen LogP contribution in [0.3, 0.4) is 0 Å². The Labute approximate surface area is 77.6 Å². The van der Waals surface area contributed by atoms with Crippen LogP contribution < -0.4 is 0 Å². The number of rotatable bonds is 4. The number of ketones is 1. The summed E-state index contributed by atoms with van der Waals surface area (Å²) in [5.41, 5.74) is 1.08. The summed E-state index contributed by atoms with van der Waals surface area (Å²) in [4.78, 5) is 10.6. The molecule has 0 heterocycles. The number of carbonyl (C=O) groups excluding carboxylic acids is 1. The van der Waals surface area contributed by atoms with Crippen LogP contribution in [0.15, 0.2) is 30.3 Å². The van der Waals surface area contributed by atoms with Gasteiger partial charge in [-0.3, -0.25) is 4.79 Å². The molecule has 70 valence electrons. The third-order valence-electron chi connectivity index (χ3n) is 1.97. The van der Waals surface area contributed by atoms with Gasteiger partial charge < -0.3 is 0 Å². The Balaban J connectivity index is 2.39. The maximum atomic E-state index is 12.9. The number of hydrogen-bond donors (Lipinski definition) is 0. The fourth-order valence-electron chi connectivity index (χ4n) is 1.14. The maximum Gasteiger partial charge on any atom is 0.163 e. The van der Waals surface area contributed by atoms with Gasteiger partial charge in [-0.05, 0) is 25.3 Å². The summed E-state index contributed by atoms with van der Waals surface area (Å²) in [6.45, 7) is 1.29. The molecule has 0 spiro atoms. The molecule has 13 heavy (non-hydrogen) atoms. The van der Waals surface area contributed by atoms with Crippen LogP contribution in [0.4, 0.5) is 4.39 Å². The molecule has 0 saturated heterocycles. The minimum atomic E-state index is -1.31. The van der Waals surface area contributed by atoms with Gasteiger partial charge in [0.05, 0.1) is 0 Å². The zero-order chi connectivity index (χ0) is 9.68. The fourth-order valence-corrected chi connectivity index (χ4v) is 1.14. The maximum absolute atomic E-state index is 12.9. The van der Waals surface area contributed by atoms with Crippen molar-refractivity contribution in [3.8, 4) is 0 Å². The molecule has 1 aromatic rings. The molecule has 1 unspecified atom stereocenters. The molecule has 1 nitrogen and oxygen atoms in total. The lowest BCUT2D eigenvalue weighted by molar-refractivity contribution is -0.121. The molecule has 0 aromatic heterocycles. The first-order valence-corrected chi connectivity index (χ1v) is 4.38. The lowest BCUT2D eigenvalue weighted by Crippen LogP contribution is -2.12. The Morgan fingerprint density at radius 3 is 2.54 bits per heavy atom. The van der Waals surface area contributed by atoms with Crippen LogP contribution in [0.2, 0.25) is 0 Å². The summed E-state index contributed by atoms with van der Waals surface area (Å²) in [5, 5.41) is 0. The molecule has 0 aliphatic carbocycles. The average molecular weight is 180 g/mol. The molecular weight excluding hydrogens is 167 g/mol. The van der Waals surface area contributed by atoms with Crippen LogP contribution in [-0.4, -0.2) is 12.0 Å². The van der Waals surface area contributed by atoms with E-state index in [1.165, 1.54) is 6.92 Å². The number of hydrogen-bond acceptors (Lipinski definition) is 1. The first-order chi connectivity index (χ1) is 6.20. The zero-order valence-electron chi connectivity index (χ0n) is 7.66. The van der Waals surface area contributed by atoms with E-state index in [0.29, 0.717) is 12.8 Å². The Kier molecular flexibility index (Phi) is 3.62. The summed E-state index contributed by atoms with van der Waals surface area (Å²) in [6.07, 6.45) is -0.388. The van der Waals surface area contributed by atoms with E-state index < -0.39 is 6.17 Å². The lowest BCUT2D eigenvalue weighted by atomic mass is 10.1. The van der Waals surface area contributed by atoms with Gasteiger partial charge in [0.2, 0.25) is 0 Å². The van der Waals surface area contributed by atoms with E-state index in [1.54, 1.807) is 0 Å². The molecule has 0 bridgehead atoms. The molecule has 1 rings (SSSR count). The van der Waals surface area contributed by atoms with Crippen molar-refractivity contribution in [3.05, 3.63) is 35.9 Å². The van der Waals surface area contributed by atoms with Crippen molar-refractivity contribution in [2.75, 3.05) is 0 Å². The van der Waals surface area contributed by atoms with Gasteiger partial charge in [-0.25, -0.2) is 4.39 Å². The summed E-state index contributed by atoms with van der Waals surface area (Å²) < 4.78 is 12.9. The molecule has 0 N–H and O–H groups in total. The first kappa shape index (κ1) is 9.90. The van der Waals surface area contributed by atoms with Gasteiger partial charge in [0.15, 0.2) is 12.0 Å². The van der Waals surface area contributed by atoms with Crippen LogP contribution in [0.1, 0.15) is 18.9 Å². The molecule has 0 aliphatic rings. The highest BCUT2D eigenvalue weighted by Gasteiger charge is 2.11. The number of alkyl halides is 1. The van der Waals surface area contributed by atoms with E-state index in [1.807, 2.05) is 30.3 Å². The van der Waals surface area contributed by atoms with Crippen LogP contribution >= 0.6 is 0 Å². The molecule has 0 saturated carbocycles. The van der Waals surface area contributed by atoms with Gasteiger partial charge >= 0.3 is 0 Å². The number of halogens is 1. The van der Waals surface area contributed by atoms with Gasteiger partial charge in [0.1, 0.15) is 0 Å². The van der Waals surface area contributed by atoms with Crippen LogP contribution in [-0.2, 0) is 11.2 Å². The Bertz CT molecular complexity index is 269. The molecule has 0 aliphatic heterocycles. The van der Waals surface area contributed by atoms with Crippen LogP contribution in [0.25, 0.3) is 0 Å². The fraction of sp³-hybridized carbons (Fsp3) is 0.364. The van der Waals surface area contributed by atoms with Crippen molar-refractivity contribution >= 4 is 5.78 Å². The van der Waals surface area contributed by atoms with Crippen LogP contribution in [0.5, 0.6) is 0 Å². The number of benzene rings is 1. The monoisotopic (exact) mass is 180 g/mol. The normalized spacial score (nSPS) is 12.5. The molecule has 1 atom stereocenters. The quantitative estimate of drug-likeness (QED) is 0.696. The lowest BCUT2D eigenvalue weighted by Gasteiger charge is -2.03.